The van der Waals surface area contributed by atoms with E-state index >= 15 is 0 Å². The molecule has 5 nitrogen and oxygen atoms in total. The summed E-state index contributed by atoms with van der Waals surface area (Å²) in [5.41, 5.74) is 1.44. The highest BCUT2D eigenvalue weighted by Crippen LogP contribution is 2.27. The summed E-state index contributed by atoms with van der Waals surface area (Å²) in [6.07, 6.45) is 0. The van der Waals surface area contributed by atoms with Gasteiger partial charge < -0.3 is 14.8 Å². The van der Waals surface area contributed by atoms with E-state index in [1.807, 2.05) is 13.8 Å². The van der Waals surface area contributed by atoms with Gasteiger partial charge in [-0.15, -0.1) is 0 Å². The number of aromatic amines is 1. The number of aromatic nitrogens is 2. The second-order valence-electron chi connectivity index (χ2n) is 4.80. The second-order valence-corrected chi connectivity index (χ2v) is 4.80. The van der Waals surface area contributed by atoms with Crippen molar-refractivity contribution in [3.8, 4) is 5.75 Å². The number of hydrogen-bond acceptors (Lipinski definition) is 4. The van der Waals surface area contributed by atoms with E-state index in [1.165, 1.54) is 0 Å². The first-order valence-electron chi connectivity index (χ1n) is 6.38. The molecule has 102 valence electrons. The fraction of sp³-hybridized carbons (Fsp3) is 0.429. The standard InChI is InChI=1S/C14H18N2O3/c1-4-19-14(18)12(8(2)3)13-15-10-6-5-9(17)7-11(10)16-13/h5-8,12,17H,4H2,1-3H3,(H,15,16). The predicted octanol–water partition coefficient (Wildman–Crippen LogP) is 2.57. The molecule has 0 bridgehead atoms. The van der Waals surface area contributed by atoms with Crippen LogP contribution in [0.2, 0.25) is 0 Å². The largest absolute Gasteiger partial charge is 0.508 e. The molecule has 0 aliphatic heterocycles. The van der Waals surface area contributed by atoms with Gasteiger partial charge in [0.1, 0.15) is 17.5 Å². The average molecular weight is 262 g/mol. The number of hydrogen-bond donors (Lipinski definition) is 2. The molecule has 1 atom stereocenters. The third kappa shape index (κ3) is 2.70. The Morgan fingerprint density at radius 1 is 1.47 bits per heavy atom. The molecule has 0 fully saturated rings. The molecule has 2 N–H and O–H groups in total. The number of benzene rings is 1. The summed E-state index contributed by atoms with van der Waals surface area (Å²) in [5.74, 6) is 0.123. The minimum atomic E-state index is -0.422. The van der Waals surface area contributed by atoms with Crippen molar-refractivity contribution in [1.82, 2.24) is 9.97 Å². The Kier molecular flexibility index (Phi) is 3.74. The van der Waals surface area contributed by atoms with Gasteiger partial charge in [-0.25, -0.2) is 4.98 Å². The molecule has 0 radical (unpaired) electrons. The zero-order valence-electron chi connectivity index (χ0n) is 11.3. The number of fused-ring (bicyclic) bond motifs is 1. The van der Waals surface area contributed by atoms with Crippen LogP contribution in [-0.4, -0.2) is 27.7 Å². The smallest absolute Gasteiger partial charge is 0.316 e. The maximum atomic E-state index is 12.0. The summed E-state index contributed by atoms with van der Waals surface area (Å²) in [5, 5.41) is 9.44. The van der Waals surface area contributed by atoms with Crippen molar-refractivity contribution in [1.29, 1.82) is 0 Å². The predicted molar refractivity (Wildman–Crippen MR) is 72.0 cm³/mol. The Hall–Kier alpha value is -2.04. The van der Waals surface area contributed by atoms with Crippen molar-refractivity contribution in [2.24, 2.45) is 5.92 Å². The zero-order chi connectivity index (χ0) is 14.0. The highest BCUT2D eigenvalue weighted by molar-refractivity contribution is 5.81. The minimum absolute atomic E-state index is 0.0770. The lowest BCUT2D eigenvalue weighted by atomic mass is 9.95. The summed E-state index contributed by atoms with van der Waals surface area (Å²) >= 11 is 0. The van der Waals surface area contributed by atoms with Gasteiger partial charge in [-0.2, -0.15) is 0 Å². The normalized spacial score (nSPS) is 12.8. The van der Waals surface area contributed by atoms with Crippen molar-refractivity contribution < 1.29 is 14.6 Å². The molecule has 2 rings (SSSR count). The van der Waals surface area contributed by atoms with E-state index in [0.717, 1.165) is 5.52 Å². The topological polar surface area (TPSA) is 75.2 Å². The van der Waals surface area contributed by atoms with Gasteiger partial charge >= 0.3 is 5.97 Å². The first-order chi connectivity index (χ1) is 9.02. The number of phenolic OH excluding ortho intramolecular Hbond substituents is 1. The molecule has 19 heavy (non-hydrogen) atoms. The van der Waals surface area contributed by atoms with E-state index in [-0.39, 0.29) is 17.6 Å². The van der Waals surface area contributed by atoms with Crippen molar-refractivity contribution in [3.63, 3.8) is 0 Å². The van der Waals surface area contributed by atoms with Gasteiger partial charge in [0.05, 0.1) is 17.6 Å². The van der Waals surface area contributed by atoms with Crippen molar-refractivity contribution in [3.05, 3.63) is 24.0 Å². The summed E-state index contributed by atoms with van der Waals surface area (Å²) in [6, 6.07) is 4.88. The van der Waals surface area contributed by atoms with Gasteiger partial charge in [0.25, 0.3) is 0 Å². The molecule has 1 unspecified atom stereocenters. The van der Waals surface area contributed by atoms with E-state index in [1.54, 1.807) is 25.1 Å². The van der Waals surface area contributed by atoms with E-state index in [4.69, 9.17) is 4.74 Å². The number of aromatic hydroxyl groups is 1. The number of nitrogens with zero attached hydrogens (tertiary/aromatic N) is 1. The third-order valence-electron chi connectivity index (χ3n) is 2.99. The Labute approximate surface area is 111 Å². The lowest BCUT2D eigenvalue weighted by Gasteiger charge is -2.16. The molecule has 0 spiro atoms. The van der Waals surface area contributed by atoms with E-state index in [9.17, 15) is 9.90 Å². The number of nitrogens with one attached hydrogen (secondary N) is 1. The zero-order valence-corrected chi connectivity index (χ0v) is 11.3. The molecule has 0 saturated heterocycles. The van der Waals surface area contributed by atoms with Gasteiger partial charge in [0.15, 0.2) is 0 Å². The average Bonchev–Trinajstić information content (AvgIpc) is 2.71. The number of phenols is 1. The van der Waals surface area contributed by atoms with Crippen LogP contribution >= 0.6 is 0 Å². The molecule has 0 amide bonds. The fourth-order valence-electron chi connectivity index (χ4n) is 2.10. The van der Waals surface area contributed by atoms with Crippen molar-refractivity contribution >= 4 is 17.0 Å². The van der Waals surface area contributed by atoms with Gasteiger partial charge in [-0.1, -0.05) is 13.8 Å². The molecule has 0 aliphatic rings. The highest BCUT2D eigenvalue weighted by Gasteiger charge is 2.28. The summed E-state index contributed by atoms with van der Waals surface area (Å²) in [4.78, 5) is 19.5. The molecule has 1 heterocycles. The van der Waals surface area contributed by atoms with Gasteiger partial charge in [0, 0.05) is 6.07 Å². The first kappa shape index (κ1) is 13.4. The van der Waals surface area contributed by atoms with Crippen LogP contribution < -0.4 is 0 Å². The molecule has 5 heteroatoms. The monoisotopic (exact) mass is 262 g/mol. The van der Waals surface area contributed by atoms with Crippen LogP contribution in [0.1, 0.15) is 32.5 Å². The summed E-state index contributed by atoms with van der Waals surface area (Å²) in [7, 11) is 0. The van der Waals surface area contributed by atoms with Crippen LogP contribution in [0, 0.1) is 5.92 Å². The summed E-state index contributed by atoms with van der Waals surface area (Å²) < 4.78 is 5.09. The Morgan fingerprint density at radius 2 is 2.21 bits per heavy atom. The minimum Gasteiger partial charge on any atom is -0.508 e. The first-order valence-corrected chi connectivity index (χ1v) is 6.38. The van der Waals surface area contributed by atoms with Crippen LogP contribution in [0.25, 0.3) is 11.0 Å². The number of esters is 1. The number of carbonyl (C=O) groups excluding carboxylic acids is 1. The van der Waals surface area contributed by atoms with Crippen LogP contribution in [0.5, 0.6) is 5.75 Å². The number of H-pyrrole nitrogens is 1. The van der Waals surface area contributed by atoms with E-state index in [0.29, 0.717) is 17.9 Å². The summed E-state index contributed by atoms with van der Waals surface area (Å²) in [6.45, 7) is 6.04. The number of imidazole rings is 1. The van der Waals surface area contributed by atoms with Crippen molar-refractivity contribution in [2.45, 2.75) is 26.7 Å². The van der Waals surface area contributed by atoms with Gasteiger partial charge in [0.2, 0.25) is 0 Å². The van der Waals surface area contributed by atoms with Crippen LogP contribution in [0.15, 0.2) is 18.2 Å². The van der Waals surface area contributed by atoms with Gasteiger partial charge in [-0.05, 0) is 25.0 Å². The Balaban J connectivity index is 2.41. The Bertz CT molecular complexity index is 589. The molecule has 0 saturated carbocycles. The Morgan fingerprint density at radius 3 is 2.84 bits per heavy atom. The molecule has 1 aromatic carbocycles. The van der Waals surface area contributed by atoms with Crippen molar-refractivity contribution in [2.75, 3.05) is 6.61 Å². The van der Waals surface area contributed by atoms with Gasteiger partial charge in [-0.3, -0.25) is 4.79 Å². The van der Waals surface area contributed by atoms with E-state index < -0.39 is 5.92 Å². The van der Waals surface area contributed by atoms with Crippen LogP contribution in [-0.2, 0) is 9.53 Å². The second kappa shape index (κ2) is 5.30. The number of carbonyl (C=O) groups is 1. The molecular weight excluding hydrogens is 244 g/mol. The highest BCUT2D eigenvalue weighted by atomic mass is 16.5. The number of ether oxygens (including phenoxy) is 1. The van der Waals surface area contributed by atoms with Crippen LogP contribution in [0.3, 0.4) is 0 Å². The lowest BCUT2D eigenvalue weighted by Crippen LogP contribution is -2.22. The molecule has 1 aromatic heterocycles. The van der Waals surface area contributed by atoms with Crippen LogP contribution in [0.4, 0.5) is 0 Å². The lowest BCUT2D eigenvalue weighted by molar-refractivity contribution is -0.146. The maximum Gasteiger partial charge on any atom is 0.316 e. The number of rotatable bonds is 4. The maximum absolute atomic E-state index is 12.0. The molecule has 0 aliphatic carbocycles. The fourth-order valence-corrected chi connectivity index (χ4v) is 2.10. The quantitative estimate of drug-likeness (QED) is 0.830. The third-order valence-corrected chi connectivity index (χ3v) is 2.99. The van der Waals surface area contributed by atoms with E-state index in [2.05, 4.69) is 9.97 Å². The SMILES string of the molecule is CCOC(=O)C(c1nc2ccc(O)cc2[nH]1)C(C)C. The molecule has 2 aromatic rings. The molecular formula is C14H18N2O3.